The van der Waals surface area contributed by atoms with Gasteiger partial charge in [-0.3, -0.25) is 9.78 Å². The quantitative estimate of drug-likeness (QED) is 0.828. The second-order valence-electron chi connectivity index (χ2n) is 5.57. The maximum absolute atomic E-state index is 12.0. The zero-order valence-corrected chi connectivity index (χ0v) is 12.5. The predicted molar refractivity (Wildman–Crippen MR) is 78.5 cm³/mol. The van der Waals surface area contributed by atoms with E-state index in [2.05, 4.69) is 17.1 Å². The molecule has 0 N–H and O–H groups in total. The Kier molecular flexibility index (Phi) is 5.53. The fourth-order valence-corrected chi connectivity index (χ4v) is 2.81. The van der Waals surface area contributed by atoms with E-state index >= 15 is 0 Å². The standard InChI is InChI=1S/C16H24N2O2/c1-13-5-3-7-15(17-13)11-14-6-4-9-18(12-14)16(19)8-10-20-2/h3,5,7,14H,4,6,8-12H2,1-2H3. The number of likely N-dealkylation sites (tertiary alicyclic amines) is 1. The van der Waals surface area contributed by atoms with Crippen LogP contribution in [0.4, 0.5) is 0 Å². The summed E-state index contributed by atoms with van der Waals surface area (Å²) in [7, 11) is 1.63. The number of methoxy groups -OCH3 is 1. The first-order valence-corrected chi connectivity index (χ1v) is 7.38. The van der Waals surface area contributed by atoms with Crippen LogP contribution in [-0.4, -0.2) is 42.6 Å². The number of aromatic nitrogens is 1. The molecule has 20 heavy (non-hydrogen) atoms. The van der Waals surface area contributed by atoms with Crippen LogP contribution >= 0.6 is 0 Å². The number of nitrogens with zero attached hydrogens (tertiary/aromatic N) is 2. The topological polar surface area (TPSA) is 42.4 Å². The Morgan fingerprint density at radius 1 is 1.50 bits per heavy atom. The van der Waals surface area contributed by atoms with Gasteiger partial charge in [0, 0.05) is 31.6 Å². The molecule has 0 bridgehead atoms. The Morgan fingerprint density at radius 3 is 3.10 bits per heavy atom. The van der Waals surface area contributed by atoms with Crippen LogP contribution < -0.4 is 0 Å². The Balaban J connectivity index is 1.88. The van der Waals surface area contributed by atoms with Gasteiger partial charge < -0.3 is 9.64 Å². The fourth-order valence-electron chi connectivity index (χ4n) is 2.81. The number of ether oxygens (including phenoxy) is 1. The minimum Gasteiger partial charge on any atom is -0.384 e. The third-order valence-corrected chi connectivity index (χ3v) is 3.84. The molecule has 1 unspecified atom stereocenters. The van der Waals surface area contributed by atoms with Gasteiger partial charge in [-0.25, -0.2) is 0 Å². The summed E-state index contributed by atoms with van der Waals surface area (Å²) in [6.45, 7) is 4.28. The van der Waals surface area contributed by atoms with Gasteiger partial charge in [-0.15, -0.1) is 0 Å². The normalized spacial score (nSPS) is 19.1. The first kappa shape index (κ1) is 15.0. The van der Waals surface area contributed by atoms with E-state index in [0.717, 1.165) is 37.3 Å². The molecule has 2 heterocycles. The third-order valence-electron chi connectivity index (χ3n) is 3.84. The van der Waals surface area contributed by atoms with Crippen LogP contribution in [0.3, 0.4) is 0 Å². The molecule has 1 aromatic heterocycles. The minimum atomic E-state index is 0.216. The smallest absolute Gasteiger partial charge is 0.224 e. The zero-order valence-electron chi connectivity index (χ0n) is 12.5. The van der Waals surface area contributed by atoms with Crippen LogP contribution in [0.1, 0.15) is 30.7 Å². The molecule has 1 atom stereocenters. The van der Waals surface area contributed by atoms with Crippen molar-refractivity contribution < 1.29 is 9.53 Å². The Morgan fingerprint density at radius 2 is 2.35 bits per heavy atom. The summed E-state index contributed by atoms with van der Waals surface area (Å²) < 4.78 is 4.98. The largest absolute Gasteiger partial charge is 0.384 e. The SMILES string of the molecule is COCCC(=O)N1CCCC(Cc2cccc(C)n2)C1. The molecule has 1 fully saturated rings. The molecular formula is C16H24N2O2. The lowest BCUT2D eigenvalue weighted by Crippen LogP contribution is -2.40. The van der Waals surface area contributed by atoms with E-state index in [1.165, 1.54) is 6.42 Å². The molecule has 1 saturated heterocycles. The van der Waals surface area contributed by atoms with Crippen molar-refractivity contribution >= 4 is 5.91 Å². The summed E-state index contributed by atoms with van der Waals surface area (Å²) in [4.78, 5) is 18.6. The van der Waals surface area contributed by atoms with Crippen molar-refractivity contribution in [3.05, 3.63) is 29.6 Å². The van der Waals surface area contributed by atoms with E-state index in [4.69, 9.17) is 4.74 Å². The number of carbonyl (C=O) groups is 1. The summed E-state index contributed by atoms with van der Waals surface area (Å²) in [5, 5.41) is 0. The lowest BCUT2D eigenvalue weighted by molar-refractivity contribution is -0.133. The lowest BCUT2D eigenvalue weighted by atomic mass is 9.93. The van der Waals surface area contributed by atoms with Crippen molar-refractivity contribution in [2.24, 2.45) is 5.92 Å². The van der Waals surface area contributed by atoms with Gasteiger partial charge in [-0.05, 0) is 44.2 Å². The predicted octanol–water partition coefficient (Wildman–Crippen LogP) is 2.21. The fraction of sp³-hybridized carbons (Fsp3) is 0.625. The Bertz CT molecular complexity index is 448. The van der Waals surface area contributed by atoms with Crippen LogP contribution in [0.15, 0.2) is 18.2 Å². The maximum Gasteiger partial charge on any atom is 0.224 e. The molecule has 0 radical (unpaired) electrons. The van der Waals surface area contributed by atoms with Crippen molar-refractivity contribution in [1.82, 2.24) is 9.88 Å². The number of piperidine rings is 1. The highest BCUT2D eigenvalue weighted by atomic mass is 16.5. The van der Waals surface area contributed by atoms with Gasteiger partial charge in [-0.2, -0.15) is 0 Å². The number of hydrogen-bond acceptors (Lipinski definition) is 3. The van der Waals surface area contributed by atoms with Gasteiger partial charge in [0.25, 0.3) is 0 Å². The van der Waals surface area contributed by atoms with E-state index < -0.39 is 0 Å². The maximum atomic E-state index is 12.0. The number of carbonyl (C=O) groups excluding carboxylic acids is 1. The molecule has 1 aromatic rings. The average Bonchev–Trinajstić information content (AvgIpc) is 2.45. The zero-order chi connectivity index (χ0) is 14.4. The second kappa shape index (κ2) is 7.39. The van der Waals surface area contributed by atoms with E-state index in [1.54, 1.807) is 7.11 Å². The van der Waals surface area contributed by atoms with E-state index in [-0.39, 0.29) is 5.91 Å². The molecule has 0 aliphatic carbocycles. The lowest BCUT2D eigenvalue weighted by Gasteiger charge is -2.32. The van der Waals surface area contributed by atoms with Crippen LogP contribution in [0, 0.1) is 12.8 Å². The summed E-state index contributed by atoms with van der Waals surface area (Å²) in [6.07, 6.45) is 3.74. The number of amides is 1. The molecule has 4 heteroatoms. The number of aryl methyl sites for hydroxylation is 1. The molecular weight excluding hydrogens is 252 g/mol. The highest BCUT2D eigenvalue weighted by molar-refractivity contribution is 5.76. The molecule has 1 aliphatic heterocycles. The Labute approximate surface area is 121 Å². The first-order valence-electron chi connectivity index (χ1n) is 7.38. The van der Waals surface area contributed by atoms with Crippen molar-refractivity contribution in [1.29, 1.82) is 0 Å². The molecule has 0 aromatic carbocycles. The first-order chi connectivity index (χ1) is 9.69. The molecule has 4 nitrogen and oxygen atoms in total. The van der Waals surface area contributed by atoms with Gasteiger partial charge in [0.15, 0.2) is 0 Å². The van der Waals surface area contributed by atoms with Crippen LogP contribution in [-0.2, 0) is 16.0 Å². The minimum absolute atomic E-state index is 0.216. The number of rotatable bonds is 5. The Hall–Kier alpha value is -1.42. The molecule has 0 spiro atoms. The van der Waals surface area contributed by atoms with E-state index in [0.29, 0.717) is 18.9 Å². The average molecular weight is 276 g/mol. The molecule has 110 valence electrons. The number of pyridine rings is 1. The summed E-state index contributed by atoms with van der Waals surface area (Å²) in [6, 6.07) is 6.16. The summed E-state index contributed by atoms with van der Waals surface area (Å²) in [5.74, 6) is 0.748. The van der Waals surface area contributed by atoms with Crippen molar-refractivity contribution in [3.63, 3.8) is 0 Å². The molecule has 1 aliphatic rings. The van der Waals surface area contributed by atoms with Crippen molar-refractivity contribution in [2.45, 2.75) is 32.6 Å². The highest BCUT2D eigenvalue weighted by Crippen LogP contribution is 2.20. The van der Waals surface area contributed by atoms with Gasteiger partial charge in [0.2, 0.25) is 5.91 Å². The molecule has 0 saturated carbocycles. The number of hydrogen-bond donors (Lipinski definition) is 0. The monoisotopic (exact) mass is 276 g/mol. The molecule has 1 amide bonds. The summed E-state index contributed by atoms with van der Waals surface area (Å²) >= 11 is 0. The van der Waals surface area contributed by atoms with Gasteiger partial charge in [-0.1, -0.05) is 6.07 Å². The van der Waals surface area contributed by atoms with Gasteiger partial charge in [0.05, 0.1) is 13.0 Å². The summed E-state index contributed by atoms with van der Waals surface area (Å²) in [5.41, 5.74) is 2.20. The van der Waals surface area contributed by atoms with E-state index in [1.807, 2.05) is 17.9 Å². The second-order valence-corrected chi connectivity index (χ2v) is 5.57. The molecule has 2 rings (SSSR count). The van der Waals surface area contributed by atoms with Crippen molar-refractivity contribution in [2.75, 3.05) is 26.8 Å². The van der Waals surface area contributed by atoms with Crippen LogP contribution in [0.25, 0.3) is 0 Å². The highest BCUT2D eigenvalue weighted by Gasteiger charge is 2.23. The van der Waals surface area contributed by atoms with Gasteiger partial charge >= 0.3 is 0 Å². The van der Waals surface area contributed by atoms with Crippen LogP contribution in [0.5, 0.6) is 0 Å². The van der Waals surface area contributed by atoms with Gasteiger partial charge in [0.1, 0.15) is 0 Å². The van der Waals surface area contributed by atoms with Crippen LogP contribution in [0.2, 0.25) is 0 Å². The third kappa shape index (κ3) is 4.30. The van der Waals surface area contributed by atoms with Crippen molar-refractivity contribution in [3.8, 4) is 0 Å². The van der Waals surface area contributed by atoms with E-state index in [9.17, 15) is 4.79 Å².